The standard InChI is InChI=1S/C14H20ClNO4/c1-4-11(14(17)18)20-13-10(15)6-9(5-8(2)16)7-12(13)19-3/h6-8,11H,4-5,16H2,1-3H3,(H,17,18). The first kappa shape index (κ1) is 16.6. The van der Waals surface area contributed by atoms with Crippen molar-refractivity contribution < 1.29 is 19.4 Å². The molecule has 0 saturated carbocycles. The second kappa shape index (κ2) is 7.36. The molecule has 1 aromatic carbocycles. The summed E-state index contributed by atoms with van der Waals surface area (Å²) >= 11 is 6.16. The van der Waals surface area contributed by atoms with Crippen molar-refractivity contribution in [2.24, 2.45) is 5.73 Å². The van der Waals surface area contributed by atoms with Crippen LogP contribution in [0.3, 0.4) is 0 Å². The highest BCUT2D eigenvalue weighted by Gasteiger charge is 2.21. The smallest absolute Gasteiger partial charge is 0.344 e. The van der Waals surface area contributed by atoms with Crippen molar-refractivity contribution >= 4 is 17.6 Å². The fraction of sp³-hybridized carbons (Fsp3) is 0.500. The molecular formula is C14H20ClNO4. The van der Waals surface area contributed by atoms with Gasteiger partial charge in [0.05, 0.1) is 12.1 Å². The van der Waals surface area contributed by atoms with E-state index in [-0.39, 0.29) is 11.8 Å². The van der Waals surface area contributed by atoms with Gasteiger partial charge in [0.1, 0.15) is 0 Å². The predicted molar refractivity (Wildman–Crippen MR) is 77.7 cm³/mol. The molecule has 0 aliphatic heterocycles. The lowest BCUT2D eigenvalue weighted by Gasteiger charge is -2.18. The van der Waals surface area contributed by atoms with Crippen molar-refractivity contribution in [1.82, 2.24) is 0 Å². The summed E-state index contributed by atoms with van der Waals surface area (Å²) in [5, 5.41) is 9.36. The molecule has 1 rings (SSSR count). The van der Waals surface area contributed by atoms with E-state index in [1.165, 1.54) is 7.11 Å². The summed E-state index contributed by atoms with van der Waals surface area (Å²) in [5.41, 5.74) is 6.67. The number of hydrogen-bond donors (Lipinski definition) is 2. The number of methoxy groups -OCH3 is 1. The van der Waals surface area contributed by atoms with Crippen LogP contribution in [0.1, 0.15) is 25.8 Å². The molecule has 0 heterocycles. The normalized spacial score (nSPS) is 13.7. The van der Waals surface area contributed by atoms with E-state index in [1.54, 1.807) is 19.1 Å². The van der Waals surface area contributed by atoms with Crippen molar-refractivity contribution in [3.63, 3.8) is 0 Å². The van der Waals surface area contributed by atoms with Gasteiger partial charge < -0.3 is 20.3 Å². The van der Waals surface area contributed by atoms with Crippen LogP contribution < -0.4 is 15.2 Å². The van der Waals surface area contributed by atoms with Gasteiger partial charge in [-0.2, -0.15) is 0 Å². The van der Waals surface area contributed by atoms with Crippen molar-refractivity contribution in [1.29, 1.82) is 0 Å². The second-order valence-electron chi connectivity index (χ2n) is 4.64. The minimum atomic E-state index is -1.04. The van der Waals surface area contributed by atoms with Gasteiger partial charge in [-0.25, -0.2) is 4.79 Å². The Morgan fingerprint density at radius 3 is 2.60 bits per heavy atom. The van der Waals surface area contributed by atoms with Crippen LogP contribution in [0.15, 0.2) is 12.1 Å². The molecule has 3 N–H and O–H groups in total. The highest BCUT2D eigenvalue weighted by atomic mass is 35.5. The average Bonchev–Trinajstić information content (AvgIpc) is 2.35. The molecule has 0 aliphatic carbocycles. The third-order valence-corrected chi connectivity index (χ3v) is 3.03. The molecule has 0 amide bonds. The molecule has 0 fully saturated rings. The zero-order chi connectivity index (χ0) is 15.3. The topological polar surface area (TPSA) is 81.8 Å². The number of carboxylic acids is 1. The molecule has 0 saturated heterocycles. The van der Waals surface area contributed by atoms with Gasteiger partial charge >= 0.3 is 5.97 Å². The third kappa shape index (κ3) is 4.28. The van der Waals surface area contributed by atoms with Crippen LogP contribution in [0, 0.1) is 0 Å². The summed E-state index contributed by atoms with van der Waals surface area (Å²) in [6, 6.07) is 3.47. The van der Waals surface area contributed by atoms with Crippen molar-refractivity contribution in [2.45, 2.75) is 38.8 Å². The molecule has 2 unspecified atom stereocenters. The van der Waals surface area contributed by atoms with Crippen LogP contribution in [-0.2, 0) is 11.2 Å². The van der Waals surface area contributed by atoms with Gasteiger partial charge in [-0.05, 0) is 37.5 Å². The summed E-state index contributed by atoms with van der Waals surface area (Å²) in [6.45, 7) is 3.62. The second-order valence-corrected chi connectivity index (χ2v) is 5.05. The summed E-state index contributed by atoms with van der Waals surface area (Å²) < 4.78 is 10.7. The number of aliphatic carboxylic acids is 1. The fourth-order valence-electron chi connectivity index (χ4n) is 1.83. The first-order chi connectivity index (χ1) is 9.38. The van der Waals surface area contributed by atoms with E-state index in [4.69, 9.17) is 31.9 Å². The number of rotatable bonds is 7. The molecule has 0 aromatic heterocycles. The number of carboxylic acid groups (broad SMARTS) is 1. The van der Waals surface area contributed by atoms with Gasteiger partial charge in [-0.15, -0.1) is 0 Å². The Morgan fingerprint density at radius 2 is 2.15 bits per heavy atom. The Balaban J connectivity index is 3.10. The van der Waals surface area contributed by atoms with E-state index in [0.717, 1.165) is 5.56 Å². The molecule has 112 valence electrons. The van der Waals surface area contributed by atoms with E-state index >= 15 is 0 Å². The molecule has 5 nitrogen and oxygen atoms in total. The zero-order valence-corrected chi connectivity index (χ0v) is 12.6. The Bertz CT molecular complexity index is 476. The first-order valence-corrected chi connectivity index (χ1v) is 6.78. The van der Waals surface area contributed by atoms with Gasteiger partial charge in [0.2, 0.25) is 0 Å². The lowest BCUT2D eigenvalue weighted by molar-refractivity contribution is -0.145. The van der Waals surface area contributed by atoms with Crippen LogP contribution >= 0.6 is 11.6 Å². The van der Waals surface area contributed by atoms with Gasteiger partial charge in [0.25, 0.3) is 0 Å². The monoisotopic (exact) mass is 301 g/mol. The van der Waals surface area contributed by atoms with Crippen LogP contribution in [0.25, 0.3) is 0 Å². The molecule has 1 aromatic rings. The summed E-state index contributed by atoms with van der Waals surface area (Å²) in [7, 11) is 1.48. The average molecular weight is 302 g/mol. The number of hydrogen-bond acceptors (Lipinski definition) is 4. The number of carbonyl (C=O) groups is 1. The van der Waals surface area contributed by atoms with E-state index in [2.05, 4.69) is 0 Å². The SMILES string of the molecule is CCC(Oc1c(Cl)cc(CC(C)N)cc1OC)C(=O)O. The Morgan fingerprint density at radius 1 is 1.50 bits per heavy atom. The molecule has 0 bridgehead atoms. The van der Waals surface area contributed by atoms with Crippen molar-refractivity contribution in [2.75, 3.05) is 7.11 Å². The summed E-state index contributed by atoms with van der Waals surface area (Å²) in [4.78, 5) is 11.0. The van der Waals surface area contributed by atoms with Crippen LogP contribution in [-0.4, -0.2) is 30.3 Å². The minimum Gasteiger partial charge on any atom is -0.493 e. The van der Waals surface area contributed by atoms with Crippen molar-refractivity contribution in [3.8, 4) is 11.5 Å². The van der Waals surface area contributed by atoms with Gasteiger partial charge in [-0.3, -0.25) is 0 Å². The molecule has 0 spiro atoms. The van der Waals surface area contributed by atoms with E-state index in [0.29, 0.717) is 23.6 Å². The van der Waals surface area contributed by atoms with Gasteiger partial charge in [0, 0.05) is 6.04 Å². The van der Waals surface area contributed by atoms with E-state index in [9.17, 15) is 4.79 Å². The molecule has 6 heteroatoms. The highest BCUT2D eigenvalue weighted by Crippen LogP contribution is 2.37. The largest absolute Gasteiger partial charge is 0.493 e. The molecule has 0 radical (unpaired) electrons. The minimum absolute atomic E-state index is 0.00930. The molecule has 0 aliphatic rings. The van der Waals surface area contributed by atoms with Crippen LogP contribution in [0.4, 0.5) is 0 Å². The number of benzene rings is 1. The zero-order valence-electron chi connectivity index (χ0n) is 11.9. The fourth-order valence-corrected chi connectivity index (χ4v) is 2.11. The quantitative estimate of drug-likeness (QED) is 0.808. The Hall–Kier alpha value is -1.46. The van der Waals surface area contributed by atoms with Crippen LogP contribution in [0.5, 0.6) is 11.5 Å². The molecular weight excluding hydrogens is 282 g/mol. The van der Waals surface area contributed by atoms with Crippen LogP contribution in [0.2, 0.25) is 5.02 Å². The lowest BCUT2D eigenvalue weighted by Crippen LogP contribution is -2.26. The maximum absolute atomic E-state index is 11.0. The summed E-state index contributed by atoms with van der Waals surface area (Å²) in [6.07, 6.45) is 0.0174. The molecule has 2 atom stereocenters. The number of ether oxygens (including phenoxy) is 2. The predicted octanol–water partition coefficient (Wildman–Crippen LogP) is 2.48. The Kier molecular flexibility index (Phi) is 6.10. The lowest BCUT2D eigenvalue weighted by atomic mass is 10.1. The third-order valence-electron chi connectivity index (χ3n) is 2.75. The summed E-state index contributed by atoms with van der Waals surface area (Å²) in [5.74, 6) is -0.380. The van der Waals surface area contributed by atoms with Gasteiger partial charge in [-0.1, -0.05) is 18.5 Å². The maximum Gasteiger partial charge on any atom is 0.344 e. The highest BCUT2D eigenvalue weighted by molar-refractivity contribution is 6.32. The van der Waals surface area contributed by atoms with E-state index in [1.807, 2.05) is 6.92 Å². The van der Waals surface area contributed by atoms with Crippen molar-refractivity contribution in [3.05, 3.63) is 22.7 Å². The molecule has 20 heavy (non-hydrogen) atoms. The van der Waals surface area contributed by atoms with E-state index < -0.39 is 12.1 Å². The first-order valence-electron chi connectivity index (χ1n) is 6.40. The van der Waals surface area contributed by atoms with Gasteiger partial charge in [0.15, 0.2) is 17.6 Å². The maximum atomic E-state index is 11.0. The Labute approximate surface area is 123 Å². The number of halogens is 1. The number of nitrogens with two attached hydrogens (primary N) is 1.